The van der Waals surface area contributed by atoms with Gasteiger partial charge in [0.15, 0.2) is 11.5 Å². The van der Waals surface area contributed by atoms with Crippen molar-refractivity contribution in [3.05, 3.63) is 17.7 Å². The molecule has 1 rings (SSSR count). The van der Waals surface area contributed by atoms with Crippen molar-refractivity contribution in [2.45, 2.75) is 0 Å². The lowest BCUT2D eigenvalue weighted by atomic mass is 10.2. The minimum Gasteiger partial charge on any atom is -0.504 e. The lowest BCUT2D eigenvalue weighted by molar-refractivity contribution is 0.0596. The Kier molecular flexibility index (Phi) is 2.81. The van der Waals surface area contributed by atoms with E-state index in [0.29, 0.717) is 0 Å². The van der Waals surface area contributed by atoms with Crippen LogP contribution in [0.3, 0.4) is 0 Å². The molecule has 0 amide bonds. The third-order valence-electron chi connectivity index (χ3n) is 1.74. The van der Waals surface area contributed by atoms with Crippen molar-refractivity contribution in [2.24, 2.45) is 0 Å². The minimum absolute atomic E-state index is 0.0927. The standard InChI is InChI=1S/C9H10O5/c1-13-6-4-3-5(9(12)14-2)7(10)8(6)11/h3-4,10-11H,1-2H3. The van der Waals surface area contributed by atoms with Gasteiger partial charge in [-0.1, -0.05) is 0 Å². The molecule has 0 unspecified atom stereocenters. The Bertz CT molecular complexity index is 358. The smallest absolute Gasteiger partial charge is 0.341 e. The van der Waals surface area contributed by atoms with Gasteiger partial charge >= 0.3 is 5.97 Å². The van der Waals surface area contributed by atoms with Crippen molar-refractivity contribution in [2.75, 3.05) is 14.2 Å². The highest BCUT2D eigenvalue weighted by atomic mass is 16.5. The van der Waals surface area contributed by atoms with E-state index in [1.54, 1.807) is 0 Å². The molecule has 0 aliphatic carbocycles. The zero-order valence-electron chi connectivity index (χ0n) is 7.77. The summed E-state index contributed by atoms with van der Waals surface area (Å²) in [4.78, 5) is 11.1. The molecular formula is C9H10O5. The van der Waals surface area contributed by atoms with Gasteiger partial charge in [-0.3, -0.25) is 0 Å². The van der Waals surface area contributed by atoms with Gasteiger partial charge in [0.2, 0.25) is 5.75 Å². The predicted molar refractivity (Wildman–Crippen MR) is 47.7 cm³/mol. The van der Waals surface area contributed by atoms with Gasteiger partial charge in [0.25, 0.3) is 0 Å². The molecule has 0 saturated carbocycles. The molecule has 0 heterocycles. The quantitative estimate of drug-likeness (QED) is 0.545. The fraction of sp³-hybridized carbons (Fsp3) is 0.222. The predicted octanol–water partition coefficient (Wildman–Crippen LogP) is 0.893. The van der Waals surface area contributed by atoms with Crippen molar-refractivity contribution < 1.29 is 24.5 Å². The Morgan fingerprint density at radius 2 is 1.86 bits per heavy atom. The first-order valence-electron chi connectivity index (χ1n) is 3.79. The first-order valence-corrected chi connectivity index (χ1v) is 3.79. The number of phenols is 2. The topological polar surface area (TPSA) is 76.0 Å². The lowest BCUT2D eigenvalue weighted by Gasteiger charge is -2.07. The summed E-state index contributed by atoms with van der Waals surface area (Å²) in [6, 6.07) is 2.67. The zero-order valence-corrected chi connectivity index (χ0v) is 7.77. The van der Waals surface area contributed by atoms with Gasteiger partial charge in [0, 0.05) is 0 Å². The number of esters is 1. The van der Waals surface area contributed by atoms with Crippen LogP contribution in [-0.2, 0) is 4.74 Å². The zero-order chi connectivity index (χ0) is 10.7. The average Bonchev–Trinajstić information content (AvgIpc) is 2.21. The molecule has 0 atom stereocenters. The highest BCUT2D eigenvalue weighted by Gasteiger charge is 2.17. The van der Waals surface area contributed by atoms with Crippen molar-refractivity contribution in [3.63, 3.8) is 0 Å². The molecule has 0 aromatic heterocycles. The van der Waals surface area contributed by atoms with E-state index in [4.69, 9.17) is 4.74 Å². The number of hydrogen-bond acceptors (Lipinski definition) is 5. The molecule has 1 aromatic carbocycles. The van der Waals surface area contributed by atoms with Crippen LogP contribution >= 0.6 is 0 Å². The van der Waals surface area contributed by atoms with E-state index in [0.717, 1.165) is 0 Å². The van der Waals surface area contributed by atoms with E-state index >= 15 is 0 Å². The molecule has 1 aromatic rings. The van der Waals surface area contributed by atoms with Crippen LogP contribution in [0.2, 0.25) is 0 Å². The van der Waals surface area contributed by atoms with Crippen molar-refractivity contribution in [3.8, 4) is 17.2 Å². The van der Waals surface area contributed by atoms with Gasteiger partial charge in [-0.2, -0.15) is 0 Å². The summed E-state index contributed by atoms with van der Waals surface area (Å²) in [6.07, 6.45) is 0. The fourth-order valence-electron chi connectivity index (χ4n) is 1.00. The summed E-state index contributed by atoms with van der Waals surface area (Å²) < 4.78 is 9.13. The Morgan fingerprint density at radius 1 is 1.21 bits per heavy atom. The van der Waals surface area contributed by atoms with Gasteiger partial charge in [-0.05, 0) is 12.1 Å². The SMILES string of the molecule is COC(=O)c1ccc(OC)c(O)c1O. The average molecular weight is 198 g/mol. The number of benzene rings is 1. The first kappa shape index (κ1) is 10.2. The number of carbonyl (C=O) groups is 1. The second kappa shape index (κ2) is 3.87. The van der Waals surface area contributed by atoms with E-state index in [1.165, 1.54) is 26.4 Å². The number of rotatable bonds is 2. The maximum absolute atomic E-state index is 11.1. The molecule has 0 aliphatic heterocycles. The van der Waals surface area contributed by atoms with E-state index in [9.17, 15) is 15.0 Å². The second-order valence-corrected chi connectivity index (χ2v) is 2.50. The van der Waals surface area contributed by atoms with E-state index in [2.05, 4.69) is 4.74 Å². The van der Waals surface area contributed by atoms with Crippen LogP contribution < -0.4 is 4.74 Å². The molecule has 0 spiro atoms. The molecule has 0 aliphatic rings. The number of carbonyl (C=O) groups excluding carboxylic acids is 1. The highest BCUT2D eigenvalue weighted by molar-refractivity contribution is 5.93. The monoisotopic (exact) mass is 198 g/mol. The van der Waals surface area contributed by atoms with Crippen LogP contribution in [0.1, 0.15) is 10.4 Å². The van der Waals surface area contributed by atoms with Gasteiger partial charge in [0.1, 0.15) is 5.56 Å². The molecule has 2 N–H and O–H groups in total. The Labute approximate surface area is 80.5 Å². The Morgan fingerprint density at radius 3 is 2.36 bits per heavy atom. The molecule has 5 nitrogen and oxygen atoms in total. The van der Waals surface area contributed by atoms with Crippen LogP contribution in [0.5, 0.6) is 17.2 Å². The molecular weight excluding hydrogens is 188 g/mol. The number of methoxy groups -OCH3 is 2. The van der Waals surface area contributed by atoms with Crippen molar-refractivity contribution >= 4 is 5.97 Å². The van der Waals surface area contributed by atoms with Crippen molar-refractivity contribution in [1.82, 2.24) is 0 Å². The number of ether oxygens (including phenoxy) is 2. The molecule has 5 heteroatoms. The lowest BCUT2D eigenvalue weighted by Crippen LogP contribution is -2.01. The fourth-order valence-corrected chi connectivity index (χ4v) is 1.00. The summed E-state index contributed by atoms with van der Waals surface area (Å²) in [5.74, 6) is -1.65. The van der Waals surface area contributed by atoms with Gasteiger partial charge < -0.3 is 19.7 Å². The van der Waals surface area contributed by atoms with Gasteiger partial charge in [0.05, 0.1) is 14.2 Å². The molecule has 14 heavy (non-hydrogen) atoms. The summed E-state index contributed by atoms with van der Waals surface area (Å²) in [5, 5.41) is 18.7. The summed E-state index contributed by atoms with van der Waals surface area (Å²) in [5.41, 5.74) is -0.106. The van der Waals surface area contributed by atoms with Gasteiger partial charge in [-0.25, -0.2) is 4.79 Å². The van der Waals surface area contributed by atoms with Gasteiger partial charge in [-0.15, -0.1) is 0 Å². The number of hydrogen-bond donors (Lipinski definition) is 2. The Hall–Kier alpha value is -1.91. The molecule has 0 saturated heterocycles. The summed E-state index contributed by atoms with van der Waals surface area (Å²) in [7, 11) is 2.52. The Balaban J connectivity index is 3.24. The van der Waals surface area contributed by atoms with Crippen LogP contribution in [0.4, 0.5) is 0 Å². The first-order chi connectivity index (χ1) is 6.61. The molecule has 76 valence electrons. The molecule has 0 radical (unpaired) electrons. The number of phenolic OH excluding ortho intramolecular Hbond substituents is 2. The maximum Gasteiger partial charge on any atom is 0.341 e. The van der Waals surface area contributed by atoms with E-state index < -0.39 is 17.5 Å². The highest BCUT2D eigenvalue weighted by Crippen LogP contribution is 2.37. The summed E-state index contributed by atoms with van der Waals surface area (Å²) in [6.45, 7) is 0. The van der Waals surface area contributed by atoms with Crippen LogP contribution in [0.15, 0.2) is 12.1 Å². The minimum atomic E-state index is -0.722. The molecule has 0 fully saturated rings. The largest absolute Gasteiger partial charge is 0.504 e. The number of aromatic hydroxyl groups is 2. The van der Waals surface area contributed by atoms with Crippen molar-refractivity contribution in [1.29, 1.82) is 0 Å². The summed E-state index contributed by atoms with van der Waals surface area (Å²) >= 11 is 0. The third kappa shape index (κ3) is 1.56. The maximum atomic E-state index is 11.1. The normalized spacial score (nSPS) is 9.57. The molecule has 0 bridgehead atoms. The third-order valence-corrected chi connectivity index (χ3v) is 1.74. The van der Waals surface area contributed by atoms with Crippen LogP contribution in [0, 0.1) is 0 Å². The van der Waals surface area contributed by atoms with E-state index in [-0.39, 0.29) is 11.3 Å². The second-order valence-electron chi connectivity index (χ2n) is 2.50. The van der Waals surface area contributed by atoms with E-state index in [1.807, 2.05) is 0 Å². The van der Waals surface area contributed by atoms with Crippen LogP contribution in [-0.4, -0.2) is 30.4 Å². The van der Waals surface area contributed by atoms with Crippen LogP contribution in [0.25, 0.3) is 0 Å².